The van der Waals surface area contributed by atoms with E-state index in [2.05, 4.69) is 11.9 Å². The van der Waals surface area contributed by atoms with E-state index in [1.54, 1.807) is 13.8 Å². The van der Waals surface area contributed by atoms with Gasteiger partial charge in [0.2, 0.25) is 0 Å². The van der Waals surface area contributed by atoms with Gasteiger partial charge < -0.3 is 20.1 Å². The van der Waals surface area contributed by atoms with Gasteiger partial charge in [0.1, 0.15) is 5.54 Å². The first-order chi connectivity index (χ1) is 8.97. The van der Waals surface area contributed by atoms with Crippen molar-refractivity contribution in [3.63, 3.8) is 0 Å². The van der Waals surface area contributed by atoms with Crippen molar-refractivity contribution in [2.45, 2.75) is 51.1 Å². The fourth-order valence-corrected chi connectivity index (χ4v) is 2.40. The third-order valence-electron chi connectivity index (χ3n) is 3.76. The number of rotatable bonds is 7. The van der Waals surface area contributed by atoms with E-state index in [1.165, 1.54) is 0 Å². The number of ether oxygens (including phenoxy) is 2. The maximum Gasteiger partial charge on any atom is 0.325 e. The number of nitrogens with zero attached hydrogens (tertiary/aromatic N) is 1. The Morgan fingerprint density at radius 1 is 1.47 bits per heavy atom. The van der Waals surface area contributed by atoms with E-state index in [9.17, 15) is 4.79 Å². The second kappa shape index (κ2) is 7.82. The Labute approximate surface area is 116 Å². The molecular weight excluding hydrogens is 244 g/mol. The number of esters is 1. The van der Waals surface area contributed by atoms with Gasteiger partial charge in [0, 0.05) is 19.3 Å². The Kier molecular flexibility index (Phi) is 6.75. The van der Waals surface area contributed by atoms with E-state index >= 15 is 0 Å². The van der Waals surface area contributed by atoms with Gasteiger partial charge in [-0.2, -0.15) is 0 Å². The molecule has 112 valence electrons. The van der Waals surface area contributed by atoms with Crippen molar-refractivity contribution >= 4 is 5.97 Å². The van der Waals surface area contributed by atoms with Crippen LogP contribution in [0.3, 0.4) is 0 Å². The fraction of sp³-hybridized carbons (Fsp3) is 0.929. The Bertz CT molecular complexity index is 276. The van der Waals surface area contributed by atoms with Crippen molar-refractivity contribution in [2.24, 2.45) is 5.73 Å². The Morgan fingerprint density at radius 2 is 2.11 bits per heavy atom. The van der Waals surface area contributed by atoms with Crippen LogP contribution in [0.5, 0.6) is 0 Å². The lowest BCUT2D eigenvalue weighted by atomic mass is 9.97. The van der Waals surface area contributed by atoms with E-state index in [0.717, 1.165) is 39.0 Å². The molecule has 0 aliphatic carbocycles. The maximum atomic E-state index is 11.7. The molecule has 2 N–H and O–H groups in total. The van der Waals surface area contributed by atoms with Crippen molar-refractivity contribution in [1.82, 2.24) is 4.90 Å². The summed E-state index contributed by atoms with van der Waals surface area (Å²) in [5.41, 5.74) is 5.13. The molecule has 1 rings (SSSR count). The third kappa shape index (κ3) is 5.47. The van der Waals surface area contributed by atoms with Crippen LogP contribution in [0.2, 0.25) is 0 Å². The average Bonchev–Trinajstić information content (AvgIpc) is 2.39. The van der Waals surface area contributed by atoms with E-state index in [0.29, 0.717) is 19.1 Å². The Morgan fingerprint density at radius 3 is 2.68 bits per heavy atom. The van der Waals surface area contributed by atoms with Crippen molar-refractivity contribution in [3.05, 3.63) is 0 Å². The molecule has 1 fully saturated rings. The molecule has 0 saturated carbocycles. The summed E-state index contributed by atoms with van der Waals surface area (Å²) < 4.78 is 10.3. The van der Waals surface area contributed by atoms with Gasteiger partial charge in [0.05, 0.1) is 6.61 Å². The predicted molar refractivity (Wildman–Crippen MR) is 74.9 cm³/mol. The highest BCUT2D eigenvalue weighted by Crippen LogP contribution is 2.16. The van der Waals surface area contributed by atoms with Crippen LogP contribution in [0.1, 0.15) is 39.5 Å². The summed E-state index contributed by atoms with van der Waals surface area (Å²) >= 11 is 0. The smallest absolute Gasteiger partial charge is 0.325 e. The summed E-state index contributed by atoms with van der Waals surface area (Å²) in [6.45, 7) is 6.59. The fourth-order valence-electron chi connectivity index (χ4n) is 2.40. The summed E-state index contributed by atoms with van der Waals surface area (Å²) in [6, 6.07) is 0.598. The monoisotopic (exact) mass is 272 g/mol. The van der Waals surface area contributed by atoms with Crippen molar-refractivity contribution in [2.75, 3.05) is 33.4 Å². The summed E-state index contributed by atoms with van der Waals surface area (Å²) in [6.07, 6.45) is 3.74. The molecule has 1 aliphatic rings. The molecule has 5 nitrogen and oxygen atoms in total. The van der Waals surface area contributed by atoms with Gasteiger partial charge in [-0.1, -0.05) is 0 Å². The maximum absolute atomic E-state index is 11.7. The number of carbonyl (C=O) groups is 1. The normalized spacial score (nSPS) is 20.3. The number of hydrogen-bond donors (Lipinski definition) is 1. The van der Waals surface area contributed by atoms with Gasteiger partial charge in [0.15, 0.2) is 0 Å². The van der Waals surface area contributed by atoms with Crippen LogP contribution >= 0.6 is 0 Å². The van der Waals surface area contributed by atoms with Gasteiger partial charge >= 0.3 is 5.97 Å². The van der Waals surface area contributed by atoms with Crippen molar-refractivity contribution < 1.29 is 14.3 Å². The molecule has 0 radical (unpaired) electrons. The summed E-state index contributed by atoms with van der Waals surface area (Å²) in [4.78, 5) is 14.0. The second-order valence-electron chi connectivity index (χ2n) is 5.57. The molecule has 1 unspecified atom stereocenters. The van der Waals surface area contributed by atoms with Gasteiger partial charge in [-0.05, 0) is 53.1 Å². The van der Waals surface area contributed by atoms with Crippen LogP contribution in [0.4, 0.5) is 0 Å². The minimum Gasteiger partial charge on any atom is -0.465 e. The number of carbonyl (C=O) groups excluding carboxylic acids is 1. The van der Waals surface area contributed by atoms with Crippen molar-refractivity contribution in [1.29, 1.82) is 0 Å². The molecule has 1 saturated heterocycles. The van der Waals surface area contributed by atoms with E-state index in [4.69, 9.17) is 15.2 Å². The van der Waals surface area contributed by atoms with Gasteiger partial charge in [-0.15, -0.1) is 0 Å². The highest BCUT2D eigenvalue weighted by Gasteiger charge is 2.29. The Hall–Kier alpha value is -0.650. The van der Waals surface area contributed by atoms with Crippen molar-refractivity contribution in [3.8, 4) is 0 Å². The summed E-state index contributed by atoms with van der Waals surface area (Å²) in [5, 5.41) is 0. The summed E-state index contributed by atoms with van der Waals surface area (Å²) in [7, 11) is 2.13. The molecule has 0 spiro atoms. The lowest BCUT2D eigenvalue weighted by Gasteiger charge is -2.32. The molecule has 19 heavy (non-hydrogen) atoms. The predicted octanol–water partition coefficient (Wildman–Crippen LogP) is 1.16. The molecule has 0 aromatic rings. The van der Waals surface area contributed by atoms with Crippen LogP contribution in [-0.2, 0) is 14.3 Å². The van der Waals surface area contributed by atoms with Gasteiger partial charge in [-0.25, -0.2) is 0 Å². The first-order valence-electron chi connectivity index (χ1n) is 7.21. The molecule has 0 aromatic heterocycles. The molecular formula is C14H28N2O3. The SMILES string of the molecule is CCOC(=O)C(C)(N)CCCN(C)C1CCOCC1. The van der Waals surface area contributed by atoms with Crippen LogP contribution in [0, 0.1) is 0 Å². The molecule has 0 bridgehead atoms. The van der Waals surface area contributed by atoms with E-state index in [1.807, 2.05) is 0 Å². The lowest BCUT2D eigenvalue weighted by molar-refractivity contribution is -0.149. The average molecular weight is 272 g/mol. The molecule has 1 heterocycles. The first-order valence-corrected chi connectivity index (χ1v) is 7.21. The second-order valence-corrected chi connectivity index (χ2v) is 5.57. The third-order valence-corrected chi connectivity index (χ3v) is 3.76. The zero-order valence-electron chi connectivity index (χ0n) is 12.5. The van der Waals surface area contributed by atoms with E-state index < -0.39 is 5.54 Å². The molecule has 1 atom stereocenters. The first kappa shape index (κ1) is 16.4. The van der Waals surface area contributed by atoms with Crippen LogP contribution in [-0.4, -0.2) is 55.9 Å². The zero-order chi connectivity index (χ0) is 14.3. The molecule has 0 amide bonds. The number of nitrogens with two attached hydrogens (primary N) is 1. The molecule has 5 heteroatoms. The largest absolute Gasteiger partial charge is 0.465 e. The number of hydrogen-bond acceptors (Lipinski definition) is 5. The van der Waals surface area contributed by atoms with Crippen LogP contribution < -0.4 is 5.73 Å². The van der Waals surface area contributed by atoms with E-state index in [-0.39, 0.29) is 5.97 Å². The topological polar surface area (TPSA) is 64.8 Å². The Balaban J connectivity index is 2.26. The van der Waals surface area contributed by atoms with Crippen LogP contribution in [0.25, 0.3) is 0 Å². The highest BCUT2D eigenvalue weighted by atomic mass is 16.5. The minimum absolute atomic E-state index is 0.302. The van der Waals surface area contributed by atoms with Crippen LogP contribution in [0.15, 0.2) is 0 Å². The summed E-state index contributed by atoms with van der Waals surface area (Å²) in [5.74, 6) is -0.302. The van der Waals surface area contributed by atoms with Gasteiger partial charge in [0.25, 0.3) is 0 Å². The molecule has 0 aromatic carbocycles. The highest BCUT2D eigenvalue weighted by molar-refractivity contribution is 5.79. The zero-order valence-corrected chi connectivity index (χ0v) is 12.5. The quantitative estimate of drug-likeness (QED) is 0.705. The minimum atomic E-state index is -0.869. The lowest BCUT2D eigenvalue weighted by Crippen LogP contribution is -2.47. The van der Waals surface area contributed by atoms with Gasteiger partial charge in [-0.3, -0.25) is 4.79 Å². The standard InChI is InChI=1S/C14H28N2O3/c1-4-19-13(17)14(2,15)8-5-9-16(3)12-6-10-18-11-7-12/h12H,4-11,15H2,1-3H3. The molecule has 1 aliphatic heterocycles.